The second kappa shape index (κ2) is 3.95. The highest BCUT2D eigenvalue weighted by Crippen LogP contribution is 2.30. The van der Waals surface area contributed by atoms with Crippen molar-refractivity contribution in [1.29, 1.82) is 0 Å². The van der Waals surface area contributed by atoms with Gasteiger partial charge in [-0.15, -0.1) is 0 Å². The standard InChI is InChI=1S/C7H3BrF3NO2/c8-5-4(6(10)11)3(7(13)14)2(9)1-12-5/h1,6H,(H,13,14). The SMILES string of the molecule is O=C(O)c1c(F)cnc(Br)c1C(F)F. The molecule has 0 aliphatic rings. The Morgan fingerprint density at radius 1 is 1.57 bits per heavy atom. The smallest absolute Gasteiger partial charge is 0.339 e. The zero-order valence-electron chi connectivity index (χ0n) is 6.47. The topological polar surface area (TPSA) is 50.2 Å². The number of aromatic carboxylic acids is 1. The Bertz CT molecular complexity index is 383. The molecule has 76 valence electrons. The summed E-state index contributed by atoms with van der Waals surface area (Å²) in [6.45, 7) is 0. The fraction of sp³-hybridized carbons (Fsp3) is 0.143. The lowest BCUT2D eigenvalue weighted by Crippen LogP contribution is -2.08. The fourth-order valence-electron chi connectivity index (χ4n) is 0.896. The Morgan fingerprint density at radius 3 is 2.50 bits per heavy atom. The molecule has 1 rings (SSSR count). The first-order valence-electron chi connectivity index (χ1n) is 3.30. The summed E-state index contributed by atoms with van der Waals surface area (Å²) in [5.74, 6) is -3.03. The van der Waals surface area contributed by atoms with Gasteiger partial charge in [-0.1, -0.05) is 0 Å². The van der Waals surface area contributed by atoms with E-state index in [1.54, 1.807) is 0 Å². The van der Waals surface area contributed by atoms with Gasteiger partial charge in [-0.05, 0) is 15.9 Å². The van der Waals surface area contributed by atoms with Gasteiger partial charge in [0.15, 0.2) is 5.82 Å². The van der Waals surface area contributed by atoms with Crippen molar-refractivity contribution in [2.45, 2.75) is 6.43 Å². The van der Waals surface area contributed by atoms with Crippen LogP contribution < -0.4 is 0 Å². The van der Waals surface area contributed by atoms with Gasteiger partial charge in [0, 0.05) is 0 Å². The molecule has 0 radical (unpaired) electrons. The van der Waals surface area contributed by atoms with Crippen LogP contribution in [0.15, 0.2) is 10.8 Å². The first-order chi connectivity index (χ1) is 6.45. The predicted molar refractivity (Wildman–Crippen MR) is 43.8 cm³/mol. The average molecular weight is 270 g/mol. The van der Waals surface area contributed by atoms with Gasteiger partial charge in [0.25, 0.3) is 6.43 Å². The predicted octanol–water partition coefficient (Wildman–Crippen LogP) is 2.62. The maximum atomic E-state index is 12.8. The van der Waals surface area contributed by atoms with Crippen LogP contribution in [0.5, 0.6) is 0 Å². The van der Waals surface area contributed by atoms with E-state index in [2.05, 4.69) is 20.9 Å². The number of carboxylic acids is 1. The van der Waals surface area contributed by atoms with E-state index in [0.717, 1.165) is 0 Å². The van der Waals surface area contributed by atoms with Crippen LogP contribution in [0.25, 0.3) is 0 Å². The highest BCUT2D eigenvalue weighted by Gasteiger charge is 2.25. The van der Waals surface area contributed by atoms with Gasteiger partial charge in [0.2, 0.25) is 0 Å². The summed E-state index contributed by atoms with van der Waals surface area (Å²) in [5, 5.41) is 8.50. The molecule has 1 aromatic rings. The van der Waals surface area contributed by atoms with E-state index in [4.69, 9.17) is 5.11 Å². The van der Waals surface area contributed by atoms with Gasteiger partial charge in [-0.25, -0.2) is 22.9 Å². The van der Waals surface area contributed by atoms with Gasteiger partial charge in [0.1, 0.15) is 10.2 Å². The van der Waals surface area contributed by atoms with E-state index in [1.165, 1.54) is 0 Å². The lowest BCUT2D eigenvalue weighted by molar-refractivity contribution is 0.0677. The van der Waals surface area contributed by atoms with E-state index >= 15 is 0 Å². The number of hydrogen-bond acceptors (Lipinski definition) is 2. The number of halogens is 4. The Balaban J connectivity index is 3.50. The number of carbonyl (C=O) groups is 1. The van der Waals surface area contributed by atoms with Crippen LogP contribution in [0.3, 0.4) is 0 Å². The van der Waals surface area contributed by atoms with E-state index < -0.39 is 29.3 Å². The van der Waals surface area contributed by atoms with E-state index in [-0.39, 0.29) is 4.60 Å². The molecule has 14 heavy (non-hydrogen) atoms. The summed E-state index contributed by atoms with van der Waals surface area (Å²) in [6.07, 6.45) is -2.53. The zero-order valence-corrected chi connectivity index (χ0v) is 8.06. The molecule has 0 bridgehead atoms. The van der Waals surface area contributed by atoms with Crippen molar-refractivity contribution in [3.8, 4) is 0 Å². The molecule has 0 saturated heterocycles. The average Bonchev–Trinajstić information content (AvgIpc) is 2.07. The summed E-state index contributed by atoms with van der Waals surface area (Å²) >= 11 is 2.63. The number of aromatic nitrogens is 1. The van der Waals surface area contributed by atoms with Crippen LogP contribution >= 0.6 is 15.9 Å². The molecule has 0 aromatic carbocycles. The highest BCUT2D eigenvalue weighted by atomic mass is 79.9. The van der Waals surface area contributed by atoms with Crippen LogP contribution in [0.1, 0.15) is 22.3 Å². The third kappa shape index (κ3) is 1.87. The van der Waals surface area contributed by atoms with Crippen molar-refractivity contribution in [2.75, 3.05) is 0 Å². The van der Waals surface area contributed by atoms with Crippen LogP contribution in [0.4, 0.5) is 13.2 Å². The minimum absolute atomic E-state index is 0.369. The molecular formula is C7H3BrF3NO2. The normalized spacial score (nSPS) is 10.6. The molecular weight excluding hydrogens is 267 g/mol. The quantitative estimate of drug-likeness (QED) is 0.840. The van der Waals surface area contributed by atoms with Gasteiger partial charge in [0.05, 0.1) is 11.8 Å². The van der Waals surface area contributed by atoms with Crippen LogP contribution in [-0.2, 0) is 0 Å². The van der Waals surface area contributed by atoms with Crippen molar-refractivity contribution < 1.29 is 23.1 Å². The van der Waals surface area contributed by atoms with Crippen LogP contribution in [-0.4, -0.2) is 16.1 Å². The molecule has 3 nitrogen and oxygen atoms in total. The second-order valence-electron chi connectivity index (χ2n) is 2.29. The summed E-state index contributed by atoms with van der Waals surface area (Å²) in [4.78, 5) is 13.7. The number of rotatable bonds is 2. The van der Waals surface area contributed by atoms with Gasteiger partial charge < -0.3 is 5.11 Å². The van der Waals surface area contributed by atoms with Gasteiger partial charge in [-0.3, -0.25) is 0 Å². The first-order valence-corrected chi connectivity index (χ1v) is 4.09. The van der Waals surface area contributed by atoms with Gasteiger partial charge >= 0.3 is 5.97 Å². The zero-order chi connectivity index (χ0) is 10.9. The highest BCUT2D eigenvalue weighted by molar-refractivity contribution is 9.10. The molecule has 1 N–H and O–H groups in total. The molecule has 1 heterocycles. The fourth-order valence-corrected chi connectivity index (χ4v) is 1.37. The molecule has 0 aliphatic carbocycles. The molecule has 0 unspecified atom stereocenters. The summed E-state index contributed by atoms with van der Waals surface area (Å²) in [6, 6.07) is 0. The molecule has 0 amide bonds. The minimum atomic E-state index is -3.10. The van der Waals surface area contributed by atoms with Crippen LogP contribution in [0, 0.1) is 5.82 Å². The lowest BCUT2D eigenvalue weighted by atomic mass is 10.1. The molecule has 7 heteroatoms. The number of hydrogen-bond donors (Lipinski definition) is 1. The Labute approximate surface area is 84.7 Å². The van der Waals surface area contributed by atoms with Crippen molar-refractivity contribution in [1.82, 2.24) is 4.98 Å². The minimum Gasteiger partial charge on any atom is -0.478 e. The number of carboxylic acid groups (broad SMARTS) is 1. The molecule has 1 aromatic heterocycles. The molecule has 0 aliphatic heterocycles. The lowest BCUT2D eigenvalue weighted by Gasteiger charge is -2.06. The number of nitrogens with zero attached hydrogens (tertiary/aromatic N) is 1. The molecule has 0 fully saturated rings. The Hall–Kier alpha value is -1.11. The van der Waals surface area contributed by atoms with Crippen molar-refractivity contribution >= 4 is 21.9 Å². The van der Waals surface area contributed by atoms with Gasteiger partial charge in [-0.2, -0.15) is 0 Å². The van der Waals surface area contributed by atoms with Crippen molar-refractivity contribution in [3.63, 3.8) is 0 Å². The summed E-state index contributed by atoms with van der Waals surface area (Å²) in [7, 11) is 0. The summed E-state index contributed by atoms with van der Waals surface area (Å²) in [5.41, 5.74) is -2.00. The van der Waals surface area contributed by atoms with E-state index in [9.17, 15) is 18.0 Å². The van der Waals surface area contributed by atoms with E-state index in [0.29, 0.717) is 6.20 Å². The monoisotopic (exact) mass is 269 g/mol. The third-order valence-electron chi connectivity index (χ3n) is 1.45. The van der Waals surface area contributed by atoms with Crippen molar-refractivity contribution in [3.05, 3.63) is 27.7 Å². The Morgan fingerprint density at radius 2 is 2.14 bits per heavy atom. The molecule has 0 atom stereocenters. The van der Waals surface area contributed by atoms with E-state index in [1.807, 2.05) is 0 Å². The maximum Gasteiger partial charge on any atom is 0.339 e. The Kier molecular flexibility index (Phi) is 3.10. The van der Waals surface area contributed by atoms with Crippen LogP contribution in [0.2, 0.25) is 0 Å². The summed E-state index contributed by atoms with van der Waals surface area (Å²) < 4.78 is 37.1. The largest absolute Gasteiger partial charge is 0.478 e. The van der Waals surface area contributed by atoms with Crippen molar-refractivity contribution in [2.24, 2.45) is 0 Å². The first kappa shape index (κ1) is 11.0. The molecule has 0 saturated carbocycles. The number of pyridine rings is 1. The number of alkyl halides is 2. The third-order valence-corrected chi connectivity index (χ3v) is 2.09. The second-order valence-corrected chi connectivity index (χ2v) is 3.04. The maximum absolute atomic E-state index is 12.8. The molecule has 0 spiro atoms.